The van der Waals surface area contributed by atoms with E-state index in [0.29, 0.717) is 11.0 Å². The predicted molar refractivity (Wildman–Crippen MR) is 84.9 cm³/mol. The van der Waals surface area contributed by atoms with Crippen molar-refractivity contribution in [2.75, 3.05) is 19.7 Å². The lowest BCUT2D eigenvalue weighted by Gasteiger charge is -2.19. The Kier molecular flexibility index (Phi) is 4.80. The van der Waals surface area contributed by atoms with Crippen LogP contribution >= 0.6 is 0 Å². The number of carbonyl (C=O) groups is 2. The van der Waals surface area contributed by atoms with Crippen LogP contribution in [0, 0.1) is 0 Å². The zero-order chi connectivity index (χ0) is 16.1. The Hall–Kier alpha value is -2.50. The number of para-hydroxylation sites is 2. The summed E-state index contributed by atoms with van der Waals surface area (Å²) in [5, 5.41) is 0. The van der Waals surface area contributed by atoms with E-state index in [0.717, 1.165) is 38.8 Å². The normalized spacial score (nSPS) is 15.2. The standard InChI is InChI=1S/C17H19N3O3/c21-16(20-9-5-1-2-6-10-20)12-23-17(22)15-11-18-13-7-3-4-8-14(13)19-15/h3-4,7-8,11H,1-2,5-6,9-10,12H2. The summed E-state index contributed by atoms with van der Waals surface area (Å²) >= 11 is 0. The summed E-state index contributed by atoms with van der Waals surface area (Å²) in [5.41, 5.74) is 1.46. The van der Waals surface area contributed by atoms with E-state index in [1.165, 1.54) is 6.20 Å². The van der Waals surface area contributed by atoms with Gasteiger partial charge in [0.05, 0.1) is 17.2 Å². The van der Waals surface area contributed by atoms with Crippen LogP contribution in [0.2, 0.25) is 0 Å². The average Bonchev–Trinajstić information content (AvgIpc) is 2.88. The smallest absolute Gasteiger partial charge is 0.359 e. The topological polar surface area (TPSA) is 72.4 Å². The van der Waals surface area contributed by atoms with E-state index in [-0.39, 0.29) is 18.2 Å². The highest BCUT2D eigenvalue weighted by molar-refractivity contribution is 5.91. The summed E-state index contributed by atoms with van der Waals surface area (Å²) in [7, 11) is 0. The molecule has 120 valence electrons. The number of esters is 1. The van der Waals surface area contributed by atoms with Crippen molar-refractivity contribution in [3.8, 4) is 0 Å². The third kappa shape index (κ3) is 3.83. The second-order valence-electron chi connectivity index (χ2n) is 5.62. The third-order valence-corrected chi connectivity index (χ3v) is 3.94. The molecule has 1 aromatic heterocycles. The van der Waals surface area contributed by atoms with E-state index in [2.05, 4.69) is 9.97 Å². The molecular weight excluding hydrogens is 294 g/mol. The van der Waals surface area contributed by atoms with Gasteiger partial charge in [-0.25, -0.2) is 9.78 Å². The molecule has 1 aliphatic heterocycles. The zero-order valence-corrected chi connectivity index (χ0v) is 12.9. The summed E-state index contributed by atoms with van der Waals surface area (Å²) in [6.45, 7) is 1.24. The summed E-state index contributed by atoms with van der Waals surface area (Å²) < 4.78 is 5.10. The third-order valence-electron chi connectivity index (χ3n) is 3.94. The quantitative estimate of drug-likeness (QED) is 0.812. The molecule has 1 fully saturated rings. The van der Waals surface area contributed by atoms with Crippen LogP contribution in [0.25, 0.3) is 11.0 Å². The molecular formula is C17H19N3O3. The van der Waals surface area contributed by atoms with Crippen LogP contribution in [0.3, 0.4) is 0 Å². The molecule has 2 aromatic rings. The van der Waals surface area contributed by atoms with Gasteiger partial charge in [-0.05, 0) is 25.0 Å². The Bertz CT molecular complexity index is 709. The van der Waals surface area contributed by atoms with Gasteiger partial charge in [0.15, 0.2) is 12.3 Å². The molecule has 6 heteroatoms. The van der Waals surface area contributed by atoms with Gasteiger partial charge in [-0.2, -0.15) is 0 Å². The van der Waals surface area contributed by atoms with Crippen LogP contribution in [0.5, 0.6) is 0 Å². The number of aromatic nitrogens is 2. The minimum atomic E-state index is -0.619. The minimum Gasteiger partial charge on any atom is -0.451 e. The molecule has 1 saturated heterocycles. The molecule has 0 spiro atoms. The number of amides is 1. The maximum atomic E-state index is 12.1. The number of rotatable bonds is 3. The van der Waals surface area contributed by atoms with Gasteiger partial charge in [-0.1, -0.05) is 25.0 Å². The molecule has 0 atom stereocenters. The highest BCUT2D eigenvalue weighted by Crippen LogP contribution is 2.11. The number of fused-ring (bicyclic) bond motifs is 1. The fraction of sp³-hybridized carbons (Fsp3) is 0.412. The van der Waals surface area contributed by atoms with E-state index in [4.69, 9.17) is 4.74 Å². The summed E-state index contributed by atoms with van der Waals surface area (Å²) in [4.78, 5) is 34.3. The van der Waals surface area contributed by atoms with E-state index in [1.54, 1.807) is 11.0 Å². The zero-order valence-electron chi connectivity index (χ0n) is 12.9. The first-order valence-corrected chi connectivity index (χ1v) is 7.91. The first-order chi connectivity index (χ1) is 11.2. The molecule has 1 aliphatic rings. The molecule has 0 N–H and O–H groups in total. The summed E-state index contributed by atoms with van der Waals surface area (Å²) in [5.74, 6) is -0.763. The fourth-order valence-electron chi connectivity index (χ4n) is 2.67. The Morgan fingerprint density at radius 3 is 2.48 bits per heavy atom. The van der Waals surface area contributed by atoms with Crippen LogP contribution in [0.15, 0.2) is 30.5 Å². The van der Waals surface area contributed by atoms with Crippen LogP contribution < -0.4 is 0 Å². The van der Waals surface area contributed by atoms with Crippen LogP contribution in [0.1, 0.15) is 36.2 Å². The Morgan fingerprint density at radius 2 is 1.74 bits per heavy atom. The van der Waals surface area contributed by atoms with Gasteiger partial charge in [0.1, 0.15) is 0 Å². The molecule has 0 saturated carbocycles. The van der Waals surface area contributed by atoms with Crippen molar-refractivity contribution >= 4 is 22.9 Å². The minimum absolute atomic E-state index is 0.118. The molecule has 0 radical (unpaired) electrons. The highest BCUT2D eigenvalue weighted by atomic mass is 16.5. The first-order valence-electron chi connectivity index (χ1n) is 7.91. The van der Waals surface area contributed by atoms with E-state index >= 15 is 0 Å². The van der Waals surface area contributed by atoms with Gasteiger partial charge in [-0.3, -0.25) is 9.78 Å². The van der Waals surface area contributed by atoms with Crippen LogP contribution in [-0.4, -0.2) is 46.4 Å². The van der Waals surface area contributed by atoms with Crippen molar-refractivity contribution in [3.05, 3.63) is 36.2 Å². The van der Waals surface area contributed by atoms with Crippen molar-refractivity contribution in [1.29, 1.82) is 0 Å². The molecule has 0 unspecified atom stereocenters. The molecule has 0 bridgehead atoms. The lowest BCUT2D eigenvalue weighted by Crippen LogP contribution is -2.35. The maximum absolute atomic E-state index is 12.1. The van der Waals surface area contributed by atoms with Gasteiger partial charge in [-0.15, -0.1) is 0 Å². The number of hydrogen-bond acceptors (Lipinski definition) is 5. The number of carbonyl (C=O) groups excluding carboxylic acids is 2. The largest absolute Gasteiger partial charge is 0.451 e. The summed E-state index contributed by atoms with van der Waals surface area (Å²) in [6.07, 6.45) is 5.69. The van der Waals surface area contributed by atoms with Crippen molar-refractivity contribution < 1.29 is 14.3 Å². The van der Waals surface area contributed by atoms with Crippen LogP contribution in [0.4, 0.5) is 0 Å². The lowest BCUT2D eigenvalue weighted by molar-refractivity contribution is -0.134. The Balaban J connectivity index is 1.60. The molecule has 3 rings (SSSR count). The van der Waals surface area contributed by atoms with Gasteiger partial charge in [0, 0.05) is 13.1 Å². The van der Waals surface area contributed by atoms with E-state index in [1.807, 2.05) is 18.2 Å². The number of benzene rings is 1. The number of hydrogen-bond donors (Lipinski definition) is 0. The van der Waals surface area contributed by atoms with E-state index in [9.17, 15) is 9.59 Å². The second-order valence-corrected chi connectivity index (χ2v) is 5.62. The second kappa shape index (κ2) is 7.17. The van der Waals surface area contributed by atoms with Crippen molar-refractivity contribution in [1.82, 2.24) is 14.9 Å². The first kappa shape index (κ1) is 15.4. The number of nitrogens with zero attached hydrogens (tertiary/aromatic N) is 3. The highest BCUT2D eigenvalue weighted by Gasteiger charge is 2.18. The van der Waals surface area contributed by atoms with Crippen LogP contribution in [-0.2, 0) is 9.53 Å². The Morgan fingerprint density at radius 1 is 1.04 bits per heavy atom. The predicted octanol–water partition coefficient (Wildman–Crippen LogP) is 2.19. The molecule has 2 heterocycles. The van der Waals surface area contributed by atoms with E-state index < -0.39 is 5.97 Å². The molecule has 1 aromatic carbocycles. The van der Waals surface area contributed by atoms with Crippen molar-refractivity contribution in [2.45, 2.75) is 25.7 Å². The van der Waals surface area contributed by atoms with Crippen molar-refractivity contribution in [3.63, 3.8) is 0 Å². The lowest BCUT2D eigenvalue weighted by atomic mass is 10.2. The van der Waals surface area contributed by atoms with Crippen molar-refractivity contribution in [2.24, 2.45) is 0 Å². The average molecular weight is 313 g/mol. The Labute approximate surface area is 134 Å². The monoisotopic (exact) mass is 313 g/mol. The van der Waals surface area contributed by atoms with Gasteiger partial charge < -0.3 is 9.64 Å². The molecule has 23 heavy (non-hydrogen) atoms. The fourth-order valence-corrected chi connectivity index (χ4v) is 2.67. The number of ether oxygens (including phenoxy) is 1. The molecule has 6 nitrogen and oxygen atoms in total. The van der Waals surface area contributed by atoms with Gasteiger partial charge >= 0.3 is 5.97 Å². The molecule has 0 aliphatic carbocycles. The van der Waals surface area contributed by atoms with Gasteiger partial charge in [0.25, 0.3) is 5.91 Å². The SMILES string of the molecule is O=C(OCC(=O)N1CCCCCC1)c1cnc2ccccc2n1. The van der Waals surface area contributed by atoms with Gasteiger partial charge in [0.2, 0.25) is 0 Å². The molecule has 1 amide bonds. The summed E-state index contributed by atoms with van der Waals surface area (Å²) in [6, 6.07) is 7.28. The number of likely N-dealkylation sites (tertiary alicyclic amines) is 1. The maximum Gasteiger partial charge on any atom is 0.359 e.